The number of hydrogen-bond acceptors (Lipinski definition) is 6. The number of benzene rings is 1. The van der Waals surface area contributed by atoms with Gasteiger partial charge in [0, 0.05) is 38.1 Å². The van der Waals surface area contributed by atoms with Gasteiger partial charge in [0.1, 0.15) is 18.5 Å². The van der Waals surface area contributed by atoms with Gasteiger partial charge in [-0.15, -0.1) is 0 Å². The number of carbonyl (C=O) groups is 3. The average molecular weight is 481 g/mol. The summed E-state index contributed by atoms with van der Waals surface area (Å²) in [7, 11) is 1.77. The average Bonchev–Trinajstić information content (AvgIpc) is 2.87. The van der Waals surface area contributed by atoms with E-state index >= 15 is 0 Å². The lowest BCUT2D eigenvalue weighted by Crippen LogP contribution is -2.54. The lowest BCUT2D eigenvalue weighted by atomic mass is 9.94. The van der Waals surface area contributed by atoms with Crippen LogP contribution >= 0.6 is 0 Å². The summed E-state index contributed by atoms with van der Waals surface area (Å²) >= 11 is 0. The van der Waals surface area contributed by atoms with Gasteiger partial charge in [-0.25, -0.2) is 0 Å². The van der Waals surface area contributed by atoms with E-state index < -0.39 is 0 Å². The molecule has 186 valence electrons. The number of hydrogen-bond donors (Lipinski definition) is 2. The quantitative estimate of drug-likeness (QED) is 0.630. The molecule has 2 N–H and O–H groups in total. The minimum absolute atomic E-state index is 0.0503. The van der Waals surface area contributed by atoms with Gasteiger partial charge in [-0.1, -0.05) is 6.92 Å². The molecule has 3 heterocycles. The van der Waals surface area contributed by atoms with E-state index in [4.69, 9.17) is 9.47 Å². The summed E-state index contributed by atoms with van der Waals surface area (Å²) in [6.45, 7) is 2.60. The predicted molar refractivity (Wildman–Crippen MR) is 130 cm³/mol. The first-order valence-corrected chi connectivity index (χ1v) is 12.1. The topological polar surface area (TPSA) is 110 Å². The molecule has 1 aromatic carbocycles. The highest BCUT2D eigenvalue weighted by atomic mass is 16.5. The highest BCUT2D eigenvalue weighted by Gasteiger charge is 2.39. The van der Waals surface area contributed by atoms with Crippen LogP contribution in [0.3, 0.4) is 0 Å². The van der Waals surface area contributed by atoms with Gasteiger partial charge >= 0.3 is 0 Å². The molecule has 1 fully saturated rings. The van der Waals surface area contributed by atoms with Gasteiger partial charge in [0.25, 0.3) is 5.91 Å². The van der Waals surface area contributed by atoms with Crippen LogP contribution < -0.4 is 15.4 Å². The zero-order chi connectivity index (χ0) is 24.8. The number of nitrogens with one attached hydrogen (secondary N) is 2. The van der Waals surface area contributed by atoms with Gasteiger partial charge in [-0.05, 0) is 55.2 Å². The van der Waals surface area contributed by atoms with Gasteiger partial charge in [0.05, 0.1) is 24.1 Å². The van der Waals surface area contributed by atoms with E-state index in [1.807, 2.05) is 12.1 Å². The molecule has 35 heavy (non-hydrogen) atoms. The fourth-order valence-corrected chi connectivity index (χ4v) is 4.53. The van der Waals surface area contributed by atoms with Crippen molar-refractivity contribution in [1.29, 1.82) is 0 Å². The first-order valence-electron chi connectivity index (χ1n) is 12.1. The van der Waals surface area contributed by atoms with Crippen molar-refractivity contribution in [2.24, 2.45) is 0 Å². The number of likely N-dealkylation sites (N-methyl/N-ethyl adjacent to an activating group) is 1. The number of ether oxygens (including phenoxy) is 2. The molecule has 1 saturated heterocycles. The van der Waals surface area contributed by atoms with Crippen LogP contribution in [0.5, 0.6) is 5.75 Å². The van der Waals surface area contributed by atoms with Crippen LogP contribution in [0.25, 0.3) is 0 Å². The van der Waals surface area contributed by atoms with Crippen molar-refractivity contribution in [3.8, 4) is 5.75 Å². The zero-order valence-electron chi connectivity index (χ0n) is 20.2. The van der Waals surface area contributed by atoms with Crippen LogP contribution in [0.15, 0.2) is 42.7 Å². The van der Waals surface area contributed by atoms with E-state index in [1.165, 1.54) is 0 Å². The lowest BCUT2D eigenvalue weighted by Gasteiger charge is -2.42. The minimum atomic E-state index is -0.333. The molecule has 0 bridgehead atoms. The molecule has 2 aliphatic heterocycles. The number of pyridine rings is 1. The van der Waals surface area contributed by atoms with Crippen molar-refractivity contribution in [2.45, 2.75) is 57.3 Å². The normalized spacial score (nSPS) is 21.6. The maximum Gasteiger partial charge on any atom is 0.257 e. The van der Waals surface area contributed by atoms with Gasteiger partial charge in [-0.2, -0.15) is 0 Å². The van der Waals surface area contributed by atoms with Gasteiger partial charge in [0.2, 0.25) is 11.8 Å². The second kappa shape index (κ2) is 11.3. The summed E-state index contributed by atoms with van der Waals surface area (Å²) in [5.74, 6) is 0.101. The second-order valence-electron chi connectivity index (χ2n) is 8.94. The molecule has 1 aromatic heterocycles. The third-order valence-corrected chi connectivity index (χ3v) is 6.51. The van der Waals surface area contributed by atoms with E-state index in [0.717, 1.165) is 12.0 Å². The Kier molecular flexibility index (Phi) is 7.97. The smallest absolute Gasteiger partial charge is 0.257 e. The second-order valence-corrected chi connectivity index (χ2v) is 8.94. The maximum atomic E-state index is 13.3. The number of carbonyl (C=O) groups excluding carboxylic acids is 3. The van der Waals surface area contributed by atoms with Crippen LogP contribution in [0.4, 0.5) is 5.69 Å². The molecule has 4 rings (SSSR count). The summed E-state index contributed by atoms with van der Waals surface area (Å²) in [4.78, 5) is 43.2. The number of nitrogens with zero attached hydrogens (tertiary/aromatic N) is 2. The van der Waals surface area contributed by atoms with Crippen LogP contribution in [0.1, 0.15) is 48.5 Å². The maximum absolute atomic E-state index is 13.3. The van der Waals surface area contributed by atoms with E-state index in [-0.39, 0.29) is 49.0 Å². The largest absolute Gasteiger partial charge is 0.490 e. The number of rotatable bonds is 7. The van der Waals surface area contributed by atoms with Crippen molar-refractivity contribution in [3.05, 3.63) is 53.9 Å². The Morgan fingerprint density at radius 3 is 2.71 bits per heavy atom. The molecule has 2 aliphatic rings. The van der Waals surface area contributed by atoms with Gasteiger partial charge < -0.3 is 25.0 Å². The lowest BCUT2D eigenvalue weighted by molar-refractivity contribution is -0.134. The monoisotopic (exact) mass is 480 g/mol. The highest BCUT2D eigenvalue weighted by Crippen LogP contribution is 2.32. The Balaban J connectivity index is 1.35. The molecule has 0 unspecified atom stereocenters. The fourth-order valence-electron chi connectivity index (χ4n) is 4.53. The molecular formula is C26H32N4O5. The van der Waals surface area contributed by atoms with Crippen LogP contribution in [0.2, 0.25) is 0 Å². The van der Waals surface area contributed by atoms with Crippen LogP contribution in [0, 0.1) is 0 Å². The zero-order valence-corrected chi connectivity index (χ0v) is 20.2. The van der Waals surface area contributed by atoms with E-state index in [2.05, 4.69) is 15.6 Å². The third kappa shape index (κ3) is 6.16. The number of amides is 3. The highest BCUT2D eigenvalue weighted by molar-refractivity contribution is 5.99. The first-order chi connectivity index (χ1) is 16.9. The number of fused-ring (bicyclic) bond motifs is 2. The number of anilines is 1. The van der Waals surface area contributed by atoms with Crippen LogP contribution in [-0.4, -0.2) is 66.1 Å². The molecule has 9 heteroatoms. The first kappa shape index (κ1) is 24.7. The summed E-state index contributed by atoms with van der Waals surface area (Å²) in [6, 6.07) is 8.79. The van der Waals surface area contributed by atoms with Crippen LogP contribution in [-0.2, 0) is 20.7 Å². The Labute approximate surface area is 205 Å². The predicted octanol–water partition coefficient (Wildman–Crippen LogP) is 2.56. The van der Waals surface area contributed by atoms with Crippen molar-refractivity contribution >= 4 is 23.4 Å². The van der Waals surface area contributed by atoms with E-state index in [1.54, 1.807) is 49.5 Å². The molecular weight excluding hydrogens is 448 g/mol. The molecule has 3 atom stereocenters. The van der Waals surface area contributed by atoms with E-state index in [0.29, 0.717) is 42.8 Å². The van der Waals surface area contributed by atoms with Crippen molar-refractivity contribution in [3.63, 3.8) is 0 Å². The molecule has 0 saturated carbocycles. The Bertz CT molecular complexity index is 1060. The molecule has 3 amide bonds. The van der Waals surface area contributed by atoms with Gasteiger partial charge in [-0.3, -0.25) is 19.4 Å². The summed E-state index contributed by atoms with van der Waals surface area (Å²) in [5.41, 5.74) is 2.10. The van der Waals surface area contributed by atoms with Crippen molar-refractivity contribution in [2.75, 3.05) is 25.5 Å². The summed E-state index contributed by atoms with van der Waals surface area (Å²) < 4.78 is 12.2. The molecule has 2 aromatic rings. The molecule has 0 radical (unpaired) electrons. The Morgan fingerprint density at radius 2 is 1.94 bits per heavy atom. The Morgan fingerprint density at radius 1 is 1.14 bits per heavy atom. The third-order valence-electron chi connectivity index (χ3n) is 6.51. The summed E-state index contributed by atoms with van der Waals surface area (Å²) in [6.07, 6.45) is 5.68. The molecule has 0 aliphatic carbocycles. The standard InChI is InChI=1S/C26H32N4O5/c1-3-24(31)29-18-4-7-22-20(14-18)26(33)30(2)21-6-5-19(35-23(21)16-34-22)15-25(32)28-13-10-17-8-11-27-12-9-17/h4,7-9,11-12,14,19,21,23H,3,5-6,10,13,15-16H2,1-2H3,(H,28,32)(H,29,31)/t19-,21-,23+/m0/s1. The van der Waals surface area contributed by atoms with Crippen molar-refractivity contribution in [1.82, 2.24) is 15.2 Å². The fraction of sp³-hybridized carbons (Fsp3) is 0.462. The minimum Gasteiger partial charge on any atom is -0.490 e. The molecule has 9 nitrogen and oxygen atoms in total. The SMILES string of the molecule is CCC(=O)Nc1ccc2c(c1)C(=O)N(C)[C@H]1CC[C@@H](CC(=O)NCCc3ccncc3)O[C@@H]1CO2. The molecule has 0 spiro atoms. The number of aromatic nitrogens is 1. The summed E-state index contributed by atoms with van der Waals surface area (Å²) in [5, 5.41) is 5.75. The van der Waals surface area contributed by atoms with Gasteiger partial charge in [0.15, 0.2) is 0 Å². The van der Waals surface area contributed by atoms with Crippen molar-refractivity contribution < 1.29 is 23.9 Å². The Hall–Kier alpha value is -3.46. The van der Waals surface area contributed by atoms with E-state index in [9.17, 15) is 14.4 Å².